The zero-order chi connectivity index (χ0) is 30.5. The Morgan fingerprint density at radius 3 is 1.49 bits per heavy atom. The van der Waals surface area contributed by atoms with E-state index in [-0.39, 0.29) is 35.5 Å². The van der Waals surface area contributed by atoms with Crippen molar-refractivity contribution in [1.29, 1.82) is 0 Å². The van der Waals surface area contributed by atoms with Crippen LogP contribution >= 0.6 is 0 Å². The van der Waals surface area contributed by atoms with Gasteiger partial charge in [-0.15, -0.1) is 0 Å². The lowest BCUT2D eigenvalue weighted by Gasteiger charge is -2.11. The average molecular weight is 606 g/mol. The molecule has 3 fully saturated rings. The van der Waals surface area contributed by atoms with Crippen molar-refractivity contribution in [3.8, 4) is 0 Å². The summed E-state index contributed by atoms with van der Waals surface area (Å²) in [5, 5.41) is 10.1. The molecular formula is C35H39N7O3. The Balaban J connectivity index is 1.42. The number of hydrogen-bond acceptors (Lipinski definition) is 8. The Morgan fingerprint density at radius 2 is 1.00 bits per heavy atom. The van der Waals surface area contributed by atoms with Crippen LogP contribution in [-0.2, 0) is 25.7 Å². The molecule has 8 heterocycles. The van der Waals surface area contributed by atoms with Gasteiger partial charge in [0.1, 0.15) is 0 Å². The SMILES string of the molecule is O=C(c1c2nc(c(C(=O)[C@@H]3CCCN3)c3ccc([nH]3)c(C(=O)[C@@H]3CCCN3)c3nc(cc4ccc1[nH]4)CC3)CC2)[C@@H]1CCCN1. The average Bonchev–Trinajstić information content (AvgIpc) is 3.88. The number of aryl methyl sites for hydroxylation is 4. The van der Waals surface area contributed by atoms with Gasteiger partial charge in [-0.25, -0.2) is 0 Å². The fraction of sp³-hybridized carbons (Fsp3) is 0.457. The van der Waals surface area contributed by atoms with Crippen LogP contribution in [0.4, 0.5) is 0 Å². The highest BCUT2D eigenvalue weighted by Gasteiger charge is 2.32. The van der Waals surface area contributed by atoms with Gasteiger partial charge in [0.2, 0.25) is 0 Å². The molecule has 45 heavy (non-hydrogen) atoms. The number of rotatable bonds is 6. The van der Waals surface area contributed by atoms with Crippen molar-refractivity contribution in [1.82, 2.24) is 35.9 Å². The first kappa shape index (κ1) is 28.5. The highest BCUT2D eigenvalue weighted by molar-refractivity contribution is 6.10. The molecule has 3 atom stereocenters. The topological polar surface area (TPSA) is 145 Å². The lowest BCUT2D eigenvalue weighted by molar-refractivity contribution is 0.0945. The fourth-order valence-electron chi connectivity index (χ4n) is 7.74. The maximum absolute atomic E-state index is 14.2. The van der Waals surface area contributed by atoms with Gasteiger partial charge in [0.15, 0.2) is 17.3 Å². The number of nitrogens with one attached hydrogen (secondary N) is 5. The van der Waals surface area contributed by atoms with Crippen LogP contribution in [0.3, 0.4) is 0 Å². The lowest BCUT2D eigenvalue weighted by Crippen LogP contribution is -2.31. The Morgan fingerprint density at radius 1 is 0.556 bits per heavy atom. The molecular weight excluding hydrogens is 566 g/mol. The van der Waals surface area contributed by atoms with E-state index in [0.717, 1.165) is 80.6 Å². The molecule has 0 aromatic carbocycles. The summed E-state index contributed by atoms with van der Waals surface area (Å²) in [5.74, 6) is 0.0894. The highest BCUT2D eigenvalue weighted by atomic mass is 16.1. The third-order valence-electron chi connectivity index (χ3n) is 10.0. The normalized spacial score (nSPS) is 23.1. The lowest BCUT2D eigenvalue weighted by atomic mass is 9.98. The van der Waals surface area contributed by atoms with Crippen LogP contribution < -0.4 is 16.0 Å². The molecule has 0 spiro atoms. The largest absolute Gasteiger partial charge is 0.355 e. The number of ketones is 3. The summed E-state index contributed by atoms with van der Waals surface area (Å²) in [6.45, 7) is 2.45. The summed E-state index contributed by atoms with van der Waals surface area (Å²) < 4.78 is 0. The van der Waals surface area contributed by atoms with Crippen LogP contribution in [0.5, 0.6) is 0 Å². The van der Waals surface area contributed by atoms with Crippen molar-refractivity contribution in [2.24, 2.45) is 0 Å². The molecule has 10 nitrogen and oxygen atoms in total. The molecule has 0 unspecified atom stereocenters. The number of hydrogen-bond donors (Lipinski definition) is 5. The minimum atomic E-state index is -0.289. The molecule has 232 valence electrons. The molecule has 0 aliphatic carbocycles. The molecule has 8 bridgehead atoms. The monoisotopic (exact) mass is 605 g/mol. The first-order valence-corrected chi connectivity index (χ1v) is 16.6. The molecule has 10 heteroatoms. The zero-order valence-electron chi connectivity index (χ0n) is 25.4. The number of aromatic nitrogens is 4. The number of fused-ring (bicyclic) bond motifs is 8. The molecule has 0 saturated carbocycles. The molecule has 3 aromatic rings. The molecule has 3 aromatic heterocycles. The van der Waals surface area contributed by atoms with Crippen molar-refractivity contribution >= 4 is 39.4 Å². The Kier molecular flexibility index (Phi) is 7.43. The van der Waals surface area contributed by atoms with E-state index in [4.69, 9.17) is 9.97 Å². The van der Waals surface area contributed by atoms with Crippen LogP contribution in [0.2, 0.25) is 0 Å². The van der Waals surface area contributed by atoms with Gasteiger partial charge in [0, 0.05) is 11.2 Å². The van der Waals surface area contributed by atoms with E-state index in [0.29, 0.717) is 64.8 Å². The molecule has 5 aliphatic heterocycles. The number of aromatic amines is 2. The fourth-order valence-corrected chi connectivity index (χ4v) is 7.74. The van der Waals surface area contributed by atoms with Crippen molar-refractivity contribution in [2.45, 2.75) is 82.3 Å². The smallest absolute Gasteiger partial charge is 0.183 e. The number of carbonyl (C=O) groups is 3. The second-order valence-corrected chi connectivity index (χ2v) is 13.0. The van der Waals surface area contributed by atoms with Gasteiger partial charge in [0.25, 0.3) is 0 Å². The van der Waals surface area contributed by atoms with E-state index in [2.05, 4.69) is 25.9 Å². The van der Waals surface area contributed by atoms with Crippen molar-refractivity contribution in [3.63, 3.8) is 0 Å². The van der Waals surface area contributed by atoms with Crippen molar-refractivity contribution < 1.29 is 14.4 Å². The summed E-state index contributed by atoms with van der Waals surface area (Å²) in [6.07, 6.45) is 7.70. The van der Waals surface area contributed by atoms with E-state index >= 15 is 0 Å². The van der Waals surface area contributed by atoms with E-state index in [9.17, 15) is 14.4 Å². The van der Waals surface area contributed by atoms with Crippen LogP contribution in [-0.4, -0.2) is 75.0 Å². The van der Waals surface area contributed by atoms with Crippen LogP contribution in [0.25, 0.3) is 22.1 Å². The molecule has 5 aliphatic rings. The van der Waals surface area contributed by atoms with Gasteiger partial charge in [-0.2, -0.15) is 0 Å². The Labute approximate surface area is 261 Å². The number of nitrogens with zero attached hydrogens (tertiary/aromatic N) is 2. The van der Waals surface area contributed by atoms with Gasteiger partial charge in [-0.05, 0) is 114 Å². The van der Waals surface area contributed by atoms with E-state index in [1.54, 1.807) is 0 Å². The molecule has 8 rings (SSSR count). The maximum atomic E-state index is 14.2. The van der Waals surface area contributed by atoms with Gasteiger partial charge in [-0.1, -0.05) is 0 Å². The minimum absolute atomic E-state index is 0.00303. The molecule has 0 radical (unpaired) electrons. The zero-order valence-corrected chi connectivity index (χ0v) is 25.4. The highest BCUT2D eigenvalue weighted by Crippen LogP contribution is 2.29. The third-order valence-corrected chi connectivity index (χ3v) is 10.0. The van der Waals surface area contributed by atoms with E-state index in [1.165, 1.54) is 0 Å². The summed E-state index contributed by atoms with van der Waals surface area (Å²) >= 11 is 0. The summed E-state index contributed by atoms with van der Waals surface area (Å²) in [5.41, 5.74) is 7.71. The second kappa shape index (κ2) is 11.7. The quantitative estimate of drug-likeness (QED) is 0.268. The Bertz CT molecular complexity index is 1830. The number of carbonyl (C=O) groups excluding carboxylic acids is 3. The van der Waals surface area contributed by atoms with E-state index in [1.807, 2.05) is 30.3 Å². The Hall–Kier alpha value is -3.99. The number of H-pyrrole nitrogens is 2. The third kappa shape index (κ3) is 5.24. The van der Waals surface area contributed by atoms with Gasteiger partial charge < -0.3 is 25.9 Å². The second-order valence-electron chi connectivity index (χ2n) is 13.0. The van der Waals surface area contributed by atoms with Gasteiger partial charge >= 0.3 is 0 Å². The van der Waals surface area contributed by atoms with Crippen LogP contribution in [0.1, 0.15) is 92.4 Å². The molecule has 3 saturated heterocycles. The molecule has 0 amide bonds. The maximum Gasteiger partial charge on any atom is 0.183 e. The van der Waals surface area contributed by atoms with Gasteiger partial charge in [-0.3, -0.25) is 24.4 Å². The van der Waals surface area contributed by atoms with Crippen LogP contribution in [0.15, 0.2) is 30.3 Å². The number of Topliss-reactive ketones (excluding diaryl/α,β-unsaturated/α-hetero) is 3. The summed E-state index contributed by atoms with van der Waals surface area (Å²) in [4.78, 5) is 59.3. The van der Waals surface area contributed by atoms with E-state index < -0.39 is 0 Å². The van der Waals surface area contributed by atoms with Crippen molar-refractivity contribution in [3.05, 3.63) is 69.8 Å². The predicted molar refractivity (Wildman–Crippen MR) is 172 cm³/mol. The first-order valence-electron chi connectivity index (χ1n) is 16.6. The minimum Gasteiger partial charge on any atom is -0.355 e. The first-order chi connectivity index (χ1) is 22.0. The van der Waals surface area contributed by atoms with Crippen molar-refractivity contribution in [2.75, 3.05) is 19.6 Å². The predicted octanol–water partition coefficient (Wildman–Crippen LogP) is 3.69. The summed E-state index contributed by atoms with van der Waals surface area (Å²) in [7, 11) is 0. The van der Waals surface area contributed by atoms with Crippen LogP contribution in [0, 0.1) is 0 Å². The van der Waals surface area contributed by atoms with Gasteiger partial charge in [0.05, 0.1) is 68.4 Å². The summed E-state index contributed by atoms with van der Waals surface area (Å²) in [6, 6.07) is 8.99. The standard InChI is InChI=1S/C35H39N7O3/c43-33(27-4-1-15-36-27)30-21-9-7-19(39-21)18-20-8-10-22(40-20)31(34(44)28-5-2-16-37-28)24-12-14-26(42-24)32(25-13-11-23(30)41-25)35(45)29-6-3-17-38-29/h7,9,12,14,18,27-29,36-39,42H,1-6,8,10-11,13,15-17H2/t27-,28-,29-/m0/s1. The molecule has 5 N–H and O–H groups in total.